The minimum absolute atomic E-state index is 0.0672. The molecule has 1 aliphatic rings. The lowest BCUT2D eigenvalue weighted by Crippen LogP contribution is -2.53. The Morgan fingerprint density at radius 1 is 0.929 bits per heavy atom. The maximum atomic E-state index is 11.8. The second-order valence-electron chi connectivity index (χ2n) is 4.25. The summed E-state index contributed by atoms with van der Waals surface area (Å²) < 4.78 is 0. The van der Waals surface area contributed by atoms with Crippen LogP contribution in [0.2, 0.25) is 0 Å². The van der Waals surface area contributed by atoms with Crippen molar-refractivity contribution in [3.8, 4) is 0 Å². The van der Waals surface area contributed by atoms with E-state index in [1.165, 1.54) is 0 Å². The Kier molecular flexibility index (Phi) is 2.85. The molecule has 80 valence electrons. The fourth-order valence-corrected chi connectivity index (χ4v) is 1.82. The number of nitrogens with zero attached hydrogens (tertiary/aromatic N) is 3. The maximum Gasteiger partial charge on any atom is 0.203 e. The van der Waals surface area contributed by atoms with Crippen LogP contribution in [0.4, 0.5) is 0 Å². The lowest BCUT2D eigenvalue weighted by Gasteiger charge is -2.41. The zero-order chi connectivity index (χ0) is 11.0. The molecule has 14 heavy (non-hydrogen) atoms. The van der Waals surface area contributed by atoms with Crippen LogP contribution in [0.1, 0.15) is 0 Å². The van der Waals surface area contributed by atoms with Crippen molar-refractivity contribution >= 4 is 5.78 Å². The largest absolute Gasteiger partial charge is 0.377 e. The maximum absolute atomic E-state index is 11.8. The van der Waals surface area contributed by atoms with Gasteiger partial charge in [0.2, 0.25) is 5.78 Å². The highest BCUT2D eigenvalue weighted by molar-refractivity contribution is 6.08. The van der Waals surface area contributed by atoms with E-state index in [1.54, 1.807) is 0 Å². The van der Waals surface area contributed by atoms with Crippen LogP contribution in [0.15, 0.2) is 11.4 Å². The number of rotatable bonds is 3. The van der Waals surface area contributed by atoms with Gasteiger partial charge in [-0.1, -0.05) is 0 Å². The molecule has 0 N–H and O–H groups in total. The number of likely N-dealkylation sites (N-methyl/N-ethyl adjacent to an activating group) is 3. The van der Waals surface area contributed by atoms with E-state index >= 15 is 0 Å². The predicted octanol–water partition coefficient (Wildman–Crippen LogP) is -0.166. The molecular weight excluding hydrogens is 178 g/mol. The molecule has 0 saturated heterocycles. The first kappa shape index (κ1) is 11.0. The first-order valence-electron chi connectivity index (χ1n) is 4.67. The highest BCUT2D eigenvalue weighted by atomic mass is 16.1. The molecule has 1 atom stereocenters. The van der Waals surface area contributed by atoms with Crippen molar-refractivity contribution < 1.29 is 4.79 Å². The highest BCUT2D eigenvalue weighted by Crippen LogP contribution is 2.30. The summed E-state index contributed by atoms with van der Waals surface area (Å²) in [5.41, 5.74) is 1.93. The normalized spacial score (nSPS) is 21.4. The molecule has 0 amide bonds. The quantitative estimate of drug-likeness (QED) is 0.628. The molecule has 0 aromatic rings. The third kappa shape index (κ3) is 1.50. The molecule has 0 aliphatic heterocycles. The average molecular weight is 197 g/mol. The molecule has 1 rings (SSSR count). The van der Waals surface area contributed by atoms with Crippen molar-refractivity contribution in [3.05, 3.63) is 11.4 Å². The summed E-state index contributed by atoms with van der Waals surface area (Å²) in [4.78, 5) is 17.6. The van der Waals surface area contributed by atoms with E-state index in [0.717, 1.165) is 11.4 Å². The third-order valence-corrected chi connectivity index (χ3v) is 2.43. The summed E-state index contributed by atoms with van der Waals surface area (Å²) in [6, 6.07) is -0.0672. The molecule has 0 saturated carbocycles. The van der Waals surface area contributed by atoms with Crippen molar-refractivity contribution in [3.63, 3.8) is 0 Å². The summed E-state index contributed by atoms with van der Waals surface area (Å²) in [5.74, 6) is 0.212. The third-order valence-electron chi connectivity index (χ3n) is 2.43. The van der Waals surface area contributed by atoms with Crippen molar-refractivity contribution in [2.24, 2.45) is 0 Å². The van der Waals surface area contributed by atoms with E-state index in [-0.39, 0.29) is 11.8 Å². The predicted molar refractivity (Wildman–Crippen MR) is 56.9 cm³/mol. The summed E-state index contributed by atoms with van der Waals surface area (Å²) in [5, 5.41) is 0. The lowest BCUT2D eigenvalue weighted by atomic mass is 9.89. The number of carbonyl (C=O) groups is 1. The minimum atomic E-state index is -0.0672. The molecule has 1 unspecified atom stereocenters. The zero-order valence-electron chi connectivity index (χ0n) is 9.83. The Bertz CT molecular complexity index is 279. The van der Waals surface area contributed by atoms with E-state index in [1.807, 2.05) is 57.0 Å². The van der Waals surface area contributed by atoms with Crippen molar-refractivity contribution in [1.82, 2.24) is 14.7 Å². The van der Waals surface area contributed by atoms with E-state index in [2.05, 4.69) is 0 Å². The fraction of sp³-hybridized carbons (Fsp3) is 0.700. The highest BCUT2D eigenvalue weighted by Gasteiger charge is 2.42. The van der Waals surface area contributed by atoms with Crippen molar-refractivity contribution in [2.75, 3.05) is 42.3 Å². The van der Waals surface area contributed by atoms with E-state index in [4.69, 9.17) is 0 Å². The molecule has 0 aromatic heterocycles. The van der Waals surface area contributed by atoms with Crippen LogP contribution in [0.3, 0.4) is 0 Å². The van der Waals surface area contributed by atoms with Gasteiger partial charge in [0.05, 0.1) is 5.70 Å². The number of carbonyl (C=O) groups excluding carboxylic acids is 1. The topological polar surface area (TPSA) is 26.8 Å². The van der Waals surface area contributed by atoms with Gasteiger partial charge in [0.25, 0.3) is 0 Å². The van der Waals surface area contributed by atoms with Gasteiger partial charge in [-0.2, -0.15) is 0 Å². The van der Waals surface area contributed by atoms with Gasteiger partial charge in [-0.3, -0.25) is 9.69 Å². The van der Waals surface area contributed by atoms with E-state index in [9.17, 15) is 4.79 Å². The molecule has 4 nitrogen and oxygen atoms in total. The van der Waals surface area contributed by atoms with Gasteiger partial charge in [0.1, 0.15) is 11.7 Å². The molecule has 1 aliphatic carbocycles. The molecule has 4 heteroatoms. The zero-order valence-corrected chi connectivity index (χ0v) is 9.83. The van der Waals surface area contributed by atoms with E-state index < -0.39 is 0 Å². The second kappa shape index (κ2) is 3.61. The molecule has 0 aromatic carbocycles. The molecule has 0 bridgehead atoms. The van der Waals surface area contributed by atoms with Crippen LogP contribution in [0.5, 0.6) is 0 Å². The summed E-state index contributed by atoms with van der Waals surface area (Å²) in [6.45, 7) is 0. The Balaban J connectivity index is 3.05. The molecule has 0 spiro atoms. The summed E-state index contributed by atoms with van der Waals surface area (Å²) >= 11 is 0. The van der Waals surface area contributed by atoms with Gasteiger partial charge in [-0.15, -0.1) is 0 Å². The molecule has 0 radical (unpaired) electrons. The number of ketones is 1. The standard InChI is InChI=1S/C10H19N3O/c1-11(2)7-8(12(3)4)10(14)9(7)13(5)6/h8H,1-6H3. The first-order chi connectivity index (χ1) is 6.37. The van der Waals surface area contributed by atoms with Crippen LogP contribution in [-0.4, -0.2) is 68.8 Å². The monoisotopic (exact) mass is 197 g/mol. The van der Waals surface area contributed by atoms with Gasteiger partial charge in [0.15, 0.2) is 0 Å². The van der Waals surface area contributed by atoms with Crippen LogP contribution in [0, 0.1) is 0 Å². The Hall–Kier alpha value is -1.03. The van der Waals surface area contributed by atoms with Gasteiger partial charge in [-0.05, 0) is 14.1 Å². The van der Waals surface area contributed by atoms with E-state index in [0.29, 0.717) is 0 Å². The second-order valence-corrected chi connectivity index (χ2v) is 4.25. The smallest absolute Gasteiger partial charge is 0.203 e. The fourth-order valence-electron chi connectivity index (χ4n) is 1.82. The Morgan fingerprint density at radius 3 is 1.71 bits per heavy atom. The van der Waals surface area contributed by atoms with Crippen LogP contribution < -0.4 is 0 Å². The Morgan fingerprint density at radius 2 is 1.43 bits per heavy atom. The van der Waals surface area contributed by atoms with Gasteiger partial charge in [-0.25, -0.2) is 0 Å². The van der Waals surface area contributed by atoms with Gasteiger partial charge >= 0.3 is 0 Å². The number of Topliss-reactive ketones (excluding diaryl/α,β-unsaturated/α-hetero) is 1. The Labute approximate surface area is 85.8 Å². The summed E-state index contributed by atoms with van der Waals surface area (Å²) in [6.07, 6.45) is 0. The average Bonchev–Trinajstić information content (AvgIpc) is 1.97. The lowest BCUT2D eigenvalue weighted by molar-refractivity contribution is -0.123. The minimum Gasteiger partial charge on any atom is -0.377 e. The van der Waals surface area contributed by atoms with Crippen LogP contribution in [0.25, 0.3) is 0 Å². The number of hydrogen-bond acceptors (Lipinski definition) is 4. The summed E-state index contributed by atoms with van der Waals surface area (Å²) in [7, 11) is 11.6. The van der Waals surface area contributed by atoms with Gasteiger partial charge in [0, 0.05) is 28.2 Å². The molecule has 0 fully saturated rings. The van der Waals surface area contributed by atoms with Gasteiger partial charge < -0.3 is 9.80 Å². The van der Waals surface area contributed by atoms with Crippen molar-refractivity contribution in [2.45, 2.75) is 6.04 Å². The van der Waals surface area contributed by atoms with Crippen molar-refractivity contribution in [1.29, 1.82) is 0 Å². The molecule has 0 heterocycles. The SMILES string of the molecule is CN(C)C1=C(N(C)C)C(N(C)C)C1=O. The van der Waals surface area contributed by atoms with Crippen LogP contribution in [-0.2, 0) is 4.79 Å². The number of hydrogen-bond donors (Lipinski definition) is 0. The van der Waals surface area contributed by atoms with Crippen LogP contribution >= 0.6 is 0 Å². The first-order valence-corrected chi connectivity index (χ1v) is 4.67. The molecular formula is C10H19N3O.